The van der Waals surface area contributed by atoms with Crippen molar-refractivity contribution in [3.05, 3.63) is 32.8 Å². The summed E-state index contributed by atoms with van der Waals surface area (Å²) >= 11 is 3.17. The van der Waals surface area contributed by atoms with Crippen molar-refractivity contribution in [2.45, 2.75) is 12.8 Å². The summed E-state index contributed by atoms with van der Waals surface area (Å²) in [5.41, 5.74) is 0.142. The molecular formula is C11H13BrN2O5S. The van der Waals surface area contributed by atoms with Gasteiger partial charge in [0.25, 0.3) is 5.69 Å². The van der Waals surface area contributed by atoms with Gasteiger partial charge in [-0.3, -0.25) is 14.9 Å². The number of benzene rings is 1. The van der Waals surface area contributed by atoms with Crippen molar-refractivity contribution in [2.75, 3.05) is 17.3 Å². The summed E-state index contributed by atoms with van der Waals surface area (Å²) in [6.45, 7) is 0. The van der Waals surface area contributed by atoms with Crippen molar-refractivity contribution in [3.8, 4) is 0 Å². The third-order valence-electron chi connectivity index (χ3n) is 2.35. The highest BCUT2D eigenvalue weighted by Gasteiger charge is 2.12. The maximum absolute atomic E-state index is 11.6. The van der Waals surface area contributed by atoms with Gasteiger partial charge in [0.05, 0.1) is 16.4 Å². The Morgan fingerprint density at radius 1 is 1.45 bits per heavy atom. The van der Waals surface area contributed by atoms with E-state index >= 15 is 0 Å². The SMILES string of the molecule is CS(=O)(=O)CCCC(=O)Nc1cc([N+](=O)[O-])ccc1Br. The van der Waals surface area contributed by atoms with Gasteiger partial charge in [-0.05, 0) is 28.4 Å². The van der Waals surface area contributed by atoms with Gasteiger partial charge in [0, 0.05) is 29.3 Å². The fraction of sp³-hybridized carbons (Fsp3) is 0.364. The molecule has 1 rings (SSSR count). The number of hydrogen-bond acceptors (Lipinski definition) is 5. The highest BCUT2D eigenvalue weighted by atomic mass is 79.9. The quantitative estimate of drug-likeness (QED) is 0.614. The number of rotatable bonds is 6. The molecule has 0 saturated carbocycles. The summed E-state index contributed by atoms with van der Waals surface area (Å²) in [4.78, 5) is 21.7. The first-order valence-corrected chi connectivity index (χ1v) is 8.46. The fourth-order valence-corrected chi connectivity index (χ4v) is 2.44. The Morgan fingerprint density at radius 2 is 2.10 bits per heavy atom. The zero-order valence-corrected chi connectivity index (χ0v) is 13.0. The second-order valence-electron chi connectivity index (χ2n) is 4.20. The van der Waals surface area contributed by atoms with Crippen molar-refractivity contribution < 1.29 is 18.1 Å². The van der Waals surface area contributed by atoms with Crippen LogP contribution in [0.5, 0.6) is 0 Å². The number of carbonyl (C=O) groups excluding carboxylic acids is 1. The molecule has 9 heteroatoms. The van der Waals surface area contributed by atoms with E-state index in [4.69, 9.17) is 0 Å². The van der Waals surface area contributed by atoms with Crippen LogP contribution in [0.2, 0.25) is 0 Å². The molecule has 0 spiro atoms. The molecule has 0 bridgehead atoms. The second kappa shape index (κ2) is 6.80. The molecule has 0 saturated heterocycles. The van der Waals surface area contributed by atoms with Crippen LogP contribution in [0.1, 0.15) is 12.8 Å². The highest BCUT2D eigenvalue weighted by molar-refractivity contribution is 9.10. The summed E-state index contributed by atoms with van der Waals surface area (Å²) in [7, 11) is -3.10. The Labute approximate surface area is 124 Å². The summed E-state index contributed by atoms with van der Waals surface area (Å²) in [6.07, 6.45) is 1.33. The Balaban J connectivity index is 2.66. The number of halogens is 1. The van der Waals surface area contributed by atoms with Crippen LogP contribution in [-0.2, 0) is 14.6 Å². The van der Waals surface area contributed by atoms with Crippen LogP contribution in [0.25, 0.3) is 0 Å². The first-order chi connectivity index (χ1) is 9.19. The van der Waals surface area contributed by atoms with Crippen molar-refractivity contribution in [1.82, 2.24) is 0 Å². The maximum atomic E-state index is 11.6. The molecule has 7 nitrogen and oxygen atoms in total. The predicted molar refractivity (Wildman–Crippen MR) is 78.4 cm³/mol. The van der Waals surface area contributed by atoms with Gasteiger partial charge in [0.2, 0.25) is 5.91 Å². The Kier molecular flexibility index (Phi) is 5.63. The molecule has 0 aliphatic heterocycles. The third kappa shape index (κ3) is 5.66. The van der Waals surface area contributed by atoms with Crippen LogP contribution >= 0.6 is 15.9 Å². The number of sulfone groups is 1. The van der Waals surface area contributed by atoms with Crippen molar-refractivity contribution >= 4 is 43.0 Å². The van der Waals surface area contributed by atoms with Gasteiger partial charge in [-0.25, -0.2) is 8.42 Å². The van der Waals surface area contributed by atoms with Crippen LogP contribution in [-0.4, -0.2) is 31.3 Å². The van der Waals surface area contributed by atoms with Crippen molar-refractivity contribution in [1.29, 1.82) is 0 Å². The van der Waals surface area contributed by atoms with Crippen LogP contribution in [0, 0.1) is 10.1 Å². The largest absolute Gasteiger partial charge is 0.325 e. The van der Waals surface area contributed by atoms with Crippen LogP contribution in [0.3, 0.4) is 0 Å². The molecule has 0 heterocycles. The number of anilines is 1. The molecule has 0 aliphatic rings. The van der Waals surface area contributed by atoms with Gasteiger partial charge in [0.15, 0.2) is 0 Å². The zero-order chi connectivity index (χ0) is 15.3. The van der Waals surface area contributed by atoms with Crippen LogP contribution in [0.15, 0.2) is 22.7 Å². The van der Waals surface area contributed by atoms with Gasteiger partial charge in [-0.2, -0.15) is 0 Å². The molecular weight excluding hydrogens is 352 g/mol. The monoisotopic (exact) mass is 364 g/mol. The molecule has 0 atom stereocenters. The lowest BCUT2D eigenvalue weighted by Gasteiger charge is -2.07. The number of nitrogens with zero attached hydrogens (tertiary/aromatic N) is 1. The van der Waals surface area contributed by atoms with E-state index in [-0.39, 0.29) is 30.0 Å². The lowest BCUT2D eigenvalue weighted by atomic mass is 10.2. The number of nitrogens with one attached hydrogen (secondary N) is 1. The lowest BCUT2D eigenvalue weighted by Crippen LogP contribution is -2.14. The van der Waals surface area contributed by atoms with Crippen LogP contribution in [0.4, 0.5) is 11.4 Å². The average Bonchev–Trinajstić information content (AvgIpc) is 2.30. The fourth-order valence-electron chi connectivity index (χ4n) is 1.43. The first-order valence-electron chi connectivity index (χ1n) is 5.60. The van der Waals surface area contributed by atoms with Gasteiger partial charge in [0.1, 0.15) is 9.84 Å². The number of non-ortho nitro benzene ring substituents is 1. The molecule has 1 aromatic carbocycles. The zero-order valence-electron chi connectivity index (χ0n) is 10.6. The van der Waals surface area contributed by atoms with E-state index in [1.54, 1.807) is 0 Å². The Hall–Kier alpha value is -1.48. The van der Waals surface area contributed by atoms with Gasteiger partial charge in [-0.15, -0.1) is 0 Å². The van der Waals surface area contributed by atoms with E-state index in [9.17, 15) is 23.3 Å². The predicted octanol–water partition coefficient (Wildman–Crippen LogP) is 2.12. The van der Waals surface area contributed by atoms with Gasteiger partial charge in [-0.1, -0.05) is 0 Å². The second-order valence-corrected chi connectivity index (χ2v) is 7.32. The molecule has 1 amide bonds. The maximum Gasteiger partial charge on any atom is 0.271 e. The molecule has 0 fully saturated rings. The molecule has 0 unspecified atom stereocenters. The van der Waals surface area contributed by atoms with Crippen molar-refractivity contribution in [2.24, 2.45) is 0 Å². The number of nitro benzene ring substituents is 1. The molecule has 0 aromatic heterocycles. The van der Waals surface area contributed by atoms with Gasteiger partial charge >= 0.3 is 0 Å². The lowest BCUT2D eigenvalue weighted by molar-refractivity contribution is -0.384. The summed E-state index contributed by atoms with van der Waals surface area (Å²) in [6, 6.07) is 4.01. The summed E-state index contributed by atoms with van der Waals surface area (Å²) < 4.78 is 22.4. The molecule has 0 radical (unpaired) electrons. The van der Waals surface area contributed by atoms with E-state index in [0.717, 1.165) is 6.26 Å². The minimum atomic E-state index is -3.10. The van der Waals surface area contributed by atoms with E-state index < -0.39 is 20.7 Å². The third-order valence-corrected chi connectivity index (χ3v) is 4.08. The van der Waals surface area contributed by atoms with E-state index in [2.05, 4.69) is 21.2 Å². The summed E-state index contributed by atoms with van der Waals surface area (Å²) in [5.74, 6) is -0.467. The number of nitro groups is 1. The minimum absolute atomic E-state index is 0.0300. The minimum Gasteiger partial charge on any atom is -0.325 e. The Bertz CT molecular complexity index is 630. The van der Waals surface area contributed by atoms with Crippen molar-refractivity contribution in [3.63, 3.8) is 0 Å². The summed E-state index contributed by atoms with van der Waals surface area (Å²) in [5, 5.41) is 13.2. The van der Waals surface area contributed by atoms with E-state index in [1.807, 2.05) is 0 Å². The first kappa shape index (κ1) is 16.6. The normalized spacial score (nSPS) is 11.1. The average molecular weight is 365 g/mol. The topological polar surface area (TPSA) is 106 Å². The number of carbonyl (C=O) groups is 1. The molecule has 1 aromatic rings. The molecule has 20 heavy (non-hydrogen) atoms. The highest BCUT2D eigenvalue weighted by Crippen LogP contribution is 2.27. The van der Waals surface area contributed by atoms with Crippen LogP contribution < -0.4 is 5.32 Å². The molecule has 0 aliphatic carbocycles. The molecule has 110 valence electrons. The number of hydrogen-bond donors (Lipinski definition) is 1. The molecule has 1 N–H and O–H groups in total. The standard InChI is InChI=1S/C11H13BrN2O5S/c1-20(18,19)6-2-3-11(15)13-10-7-8(14(16)17)4-5-9(10)12/h4-5,7H,2-3,6H2,1H3,(H,13,15). The van der Waals surface area contributed by atoms with E-state index in [1.165, 1.54) is 18.2 Å². The smallest absolute Gasteiger partial charge is 0.271 e. The number of amides is 1. The van der Waals surface area contributed by atoms with Gasteiger partial charge < -0.3 is 5.32 Å². The van der Waals surface area contributed by atoms with E-state index in [0.29, 0.717) is 4.47 Å². The Morgan fingerprint density at radius 3 is 2.65 bits per heavy atom.